The number of nitrogens with zero attached hydrogens (tertiary/aromatic N) is 3. The number of hydrogen-bond acceptors (Lipinski definition) is 3. The molecular formula is C20H19ClF3N3O2S. The van der Waals surface area contributed by atoms with Crippen LogP contribution in [0.15, 0.2) is 53.4 Å². The van der Waals surface area contributed by atoms with Gasteiger partial charge in [0, 0.05) is 24.7 Å². The molecule has 0 aliphatic carbocycles. The van der Waals surface area contributed by atoms with E-state index in [0.717, 1.165) is 0 Å². The Labute approximate surface area is 177 Å². The molecule has 0 bridgehead atoms. The molecule has 0 atom stereocenters. The van der Waals surface area contributed by atoms with Crippen molar-refractivity contribution in [2.75, 3.05) is 13.1 Å². The standard InChI is InChI=1S/C20H19ClF3N3O2S/c21-15-4-3-5-16(12-15)30(28,29)26-10-8-14(9-11-26)13-27-18-7-2-1-6-17(18)25-19(27)20(22,23)24/h1-7,12,14H,8-11,13H2. The summed E-state index contributed by atoms with van der Waals surface area (Å²) in [4.78, 5) is 3.89. The third kappa shape index (κ3) is 4.06. The first-order valence-corrected chi connectivity index (χ1v) is 11.3. The smallest absolute Gasteiger partial charge is 0.320 e. The summed E-state index contributed by atoms with van der Waals surface area (Å²) in [7, 11) is -3.69. The minimum atomic E-state index is -4.56. The molecule has 2 heterocycles. The van der Waals surface area contributed by atoms with Gasteiger partial charge in [-0.05, 0) is 49.1 Å². The summed E-state index contributed by atoms with van der Waals surface area (Å²) in [6.45, 7) is 0.626. The monoisotopic (exact) mass is 457 g/mol. The number of alkyl halides is 3. The van der Waals surface area contributed by atoms with Crippen molar-refractivity contribution in [3.8, 4) is 0 Å². The molecule has 0 unspecified atom stereocenters. The van der Waals surface area contributed by atoms with Crippen molar-refractivity contribution in [1.29, 1.82) is 0 Å². The quantitative estimate of drug-likeness (QED) is 0.565. The number of fused-ring (bicyclic) bond motifs is 1. The Balaban J connectivity index is 1.52. The van der Waals surface area contributed by atoms with E-state index < -0.39 is 22.0 Å². The van der Waals surface area contributed by atoms with Crippen molar-refractivity contribution < 1.29 is 21.6 Å². The second kappa shape index (κ2) is 7.86. The minimum absolute atomic E-state index is 0.0884. The molecule has 1 aromatic heterocycles. The van der Waals surface area contributed by atoms with Crippen LogP contribution < -0.4 is 0 Å². The van der Waals surface area contributed by atoms with E-state index >= 15 is 0 Å². The Morgan fingerprint density at radius 2 is 1.77 bits per heavy atom. The Kier molecular flexibility index (Phi) is 5.54. The molecule has 2 aromatic carbocycles. The van der Waals surface area contributed by atoms with Crippen LogP contribution in [0.5, 0.6) is 0 Å². The summed E-state index contributed by atoms with van der Waals surface area (Å²) < 4.78 is 68.7. The molecule has 4 rings (SSSR count). The van der Waals surface area contributed by atoms with Gasteiger partial charge in [-0.2, -0.15) is 17.5 Å². The van der Waals surface area contributed by atoms with Crippen LogP contribution in [-0.4, -0.2) is 35.4 Å². The normalized spacial score (nSPS) is 16.9. The maximum atomic E-state index is 13.5. The van der Waals surface area contributed by atoms with E-state index in [9.17, 15) is 21.6 Å². The van der Waals surface area contributed by atoms with Crippen molar-refractivity contribution in [3.63, 3.8) is 0 Å². The summed E-state index contributed by atoms with van der Waals surface area (Å²) in [5, 5.41) is 0.331. The molecule has 30 heavy (non-hydrogen) atoms. The Morgan fingerprint density at radius 1 is 1.07 bits per heavy atom. The molecule has 160 valence electrons. The number of halogens is 4. The van der Waals surface area contributed by atoms with Gasteiger partial charge in [0.1, 0.15) is 0 Å². The fraction of sp³-hybridized carbons (Fsp3) is 0.350. The van der Waals surface area contributed by atoms with Gasteiger partial charge < -0.3 is 4.57 Å². The van der Waals surface area contributed by atoms with E-state index in [-0.39, 0.29) is 30.4 Å². The fourth-order valence-electron chi connectivity index (χ4n) is 3.84. The largest absolute Gasteiger partial charge is 0.449 e. The molecule has 0 radical (unpaired) electrons. The number of rotatable bonds is 4. The van der Waals surface area contributed by atoms with Crippen molar-refractivity contribution in [1.82, 2.24) is 13.9 Å². The lowest BCUT2D eigenvalue weighted by atomic mass is 9.98. The Hall–Kier alpha value is -2.10. The molecule has 1 aliphatic heterocycles. The highest BCUT2D eigenvalue weighted by molar-refractivity contribution is 7.89. The maximum absolute atomic E-state index is 13.5. The summed E-state index contributed by atoms with van der Waals surface area (Å²) in [6.07, 6.45) is -3.64. The summed E-state index contributed by atoms with van der Waals surface area (Å²) in [5.74, 6) is -1.01. The number of imidazole rings is 1. The van der Waals surface area contributed by atoms with Gasteiger partial charge in [-0.3, -0.25) is 0 Å². The average Bonchev–Trinajstić information content (AvgIpc) is 3.07. The van der Waals surface area contributed by atoms with Gasteiger partial charge in [0.05, 0.1) is 15.9 Å². The molecule has 1 fully saturated rings. The van der Waals surface area contributed by atoms with E-state index in [1.165, 1.54) is 21.0 Å². The third-order valence-electron chi connectivity index (χ3n) is 5.36. The van der Waals surface area contributed by atoms with Gasteiger partial charge in [-0.15, -0.1) is 0 Å². The maximum Gasteiger partial charge on any atom is 0.449 e. The molecule has 0 amide bonds. The van der Waals surface area contributed by atoms with Crippen molar-refractivity contribution in [2.45, 2.75) is 30.5 Å². The fourth-order valence-corrected chi connectivity index (χ4v) is 5.61. The molecule has 3 aromatic rings. The Morgan fingerprint density at radius 3 is 2.43 bits per heavy atom. The van der Waals surface area contributed by atoms with Crippen LogP contribution in [0.4, 0.5) is 13.2 Å². The number of benzene rings is 2. The minimum Gasteiger partial charge on any atom is -0.320 e. The van der Waals surface area contributed by atoms with Gasteiger partial charge in [0.2, 0.25) is 15.8 Å². The number of para-hydroxylation sites is 2. The van der Waals surface area contributed by atoms with Crippen LogP contribution >= 0.6 is 11.6 Å². The number of piperidine rings is 1. The topological polar surface area (TPSA) is 55.2 Å². The zero-order valence-electron chi connectivity index (χ0n) is 15.8. The molecule has 5 nitrogen and oxygen atoms in total. The number of hydrogen-bond donors (Lipinski definition) is 0. The van der Waals surface area contributed by atoms with E-state index in [0.29, 0.717) is 28.9 Å². The molecule has 0 spiro atoms. The number of sulfonamides is 1. The summed E-state index contributed by atoms with van der Waals surface area (Å²) in [5.41, 5.74) is 0.726. The molecule has 10 heteroatoms. The zero-order chi connectivity index (χ0) is 21.5. The number of aromatic nitrogens is 2. The molecule has 0 N–H and O–H groups in total. The molecular weight excluding hydrogens is 439 g/mol. The highest BCUT2D eigenvalue weighted by Gasteiger charge is 2.38. The zero-order valence-corrected chi connectivity index (χ0v) is 17.4. The second-order valence-corrected chi connectivity index (χ2v) is 9.71. The lowest BCUT2D eigenvalue weighted by molar-refractivity contribution is -0.147. The summed E-state index contributed by atoms with van der Waals surface area (Å²) in [6, 6.07) is 12.6. The predicted octanol–water partition coefficient (Wildman–Crippen LogP) is 4.81. The molecule has 1 aliphatic rings. The van der Waals surface area contributed by atoms with E-state index in [1.807, 2.05) is 0 Å². The van der Waals surface area contributed by atoms with Gasteiger partial charge in [0.25, 0.3) is 0 Å². The SMILES string of the molecule is O=S(=O)(c1cccc(Cl)c1)N1CCC(Cn2c(C(F)(F)F)nc3ccccc32)CC1. The highest BCUT2D eigenvalue weighted by Crippen LogP contribution is 2.33. The molecule has 0 saturated carbocycles. The van der Waals surface area contributed by atoms with Crippen LogP contribution in [-0.2, 0) is 22.7 Å². The van der Waals surface area contributed by atoms with Gasteiger partial charge >= 0.3 is 6.18 Å². The van der Waals surface area contributed by atoms with Crippen molar-refractivity contribution in [2.24, 2.45) is 5.92 Å². The second-order valence-electron chi connectivity index (χ2n) is 7.34. The van der Waals surface area contributed by atoms with Crippen LogP contribution in [0.1, 0.15) is 18.7 Å². The average molecular weight is 458 g/mol. The van der Waals surface area contributed by atoms with E-state index in [1.54, 1.807) is 36.4 Å². The summed E-state index contributed by atoms with van der Waals surface area (Å²) >= 11 is 5.91. The van der Waals surface area contributed by atoms with Gasteiger partial charge in [-0.25, -0.2) is 13.4 Å². The lowest BCUT2D eigenvalue weighted by Crippen LogP contribution is -2.39. The lowest BCUT2D eigenvalue weighted by Gasteiger charge is -2.31. The van der Waals surface area contributed by atoms with Crippen LogP contribution in [0.25, 0.3) is 11.0 Å². The predicted molar refractivity (Wildman–Crippen MR) is 108 cm³/mol. The third-order valence-corrected chi connectivity index (χ3v) is 7.49. The van der Waals surface area contributed by atoms with Crippen LogP contribution in [0.3, 0.4) is 0 Å². The van der Waals surface area contributed by atoms with E-state index in [4.69, 9.17) is 11.6 Å². The van der Waals surface area contributed by atoms with Crippen molar-refractivity contribution in [3.05, 3.63) is 59.4 Å². The van der Waals surface area contributed by atoms with Gasteiger partial charge in [0.15, 0.2) is 0 Å². The molecule has 1 saturated heterocycles. The van der Waals surface area contributed by atoms with Crippen LogP contribution in [0, 0.1) is 5.92 Å². The Bertz CT molecular complexity index is 1170. The van der Waals surface area contributed by atoms with Gasteiger partial charge in [-0.1, -0.05) is 29.8 Å². The first-order valence-electron chi connectivity index (χ1n) is 9.44. The van der Waals surface area contributed by atoms with Crippen molar-refractivity contribution >= 4 is 32.7 Å². The van der Waals surface area contributed by atoms with E-state index in [2.05, 4.69) is 4.98 Å². The van der Waals surface area contributed by atoms with Crippen LogP contribution in [0.2, 0.25) is 5.02 Å². The first-order chi connectivity index (χ1) is 14.2. The highest BCUT2D eigenvalue weighted by atomic mass is 35.5. The first kappa shape index (κ1) is 21.1.